The molecule has 4 aromatic rings. The largest absolute Gasteiger partial charge is 0.378 e. The van der Waals surface area contributed by atoms with Gasteiger partial charge in [-0.2, -0.15) is 0 Å². The van der Waals surface area contributed by atoms with Crippen LogP contribution in [-0.2, 0) is 5.60 Å². The fourth-order valence-electron chi connectivity index (χ4n) is 4.29. The van der Waals surface area contributed by atoms with Gasteiger partial charge >= 0.3 is 0 Å². The van der Waals surface area contributed by atoms with Crippen LogP contribution in [-0.4, -0.2) is 33.3 Å². The molecule has 0 spiro atoms. The van der Waals surface area contributed by atoms with Gasteiger partial charge in [0, 0.05) is 49.6 Å². The number of allylic oxidation sites excluding steroid dienone is 2. The van der Waals surface area contributed by atoms with Crippen LogP contribution in [0.25, 0.3) is 5.57 Å². The van der Waals surface area contributed by atoms with E-state index in [1.165, 1.54) is 0 Å². The van der Waals surface area contributed by atoms with Crippen molar-refractivity contribution in [3.63, 3.8) is 0 Å². The Morgan fingerprint density at radius 3 is 1.42 bits per heavy atom. The molecule has 0 aliphatic carbocycles. The number of hydrogen-bond donors (Lipinski definition) is 1. The van der Waals surface area contributed by atoms with Crippen molar-refractivity contribution >= 4 is 40.1 Å². The lowest BCUT2D eigenvalue weighted by Gasteiger charge is -2.27. The SMILES string of the molecule is CN(C)c1ccc(C(=CC=CC(O)(c2ccc(Cl)cc2)c2ccc(N(C)C)cc2)c2ccc(Cl)cc2)cc1. The van der Waals surface area contributed by atoms with Gasteiger partial charge in [-0.3, -0.25) is 0 Å². The van der Waals surface area contributed by atoms with E-state index in [1.54, 1.807) is 12.1 Å². The third-order valence-electron chi connectivity index (χ3n) is 6.56. The van der Waals surface area contributed by atoms with E-state index < -0.39 is 5.60 Å². The topological polar surface area (TPSA) is 26.7 Å². The quantitative estimate of drug-likeness (QED) is 0.228. The Morgan fingerprint density at radius 2 is 0.974 bits per heavy atom. The molecule has 4 rings (SSSR count). The molecule has 0 bridgehead atoms. The van der Waals surface area contributed by atoms with Gasteiger partial charge < -0.3 is 14.9 Å². The third-order valence-corrected chi connectivity index (χ3v) is 7.06. The van der Waals surface area contributed by atoms with Crippen molar-refractivity contribution in [3.8, 4) is 0 Å². The van der Waals surface area contributed by atoms with Gasteiger partial charge in [0.15, 0.2) is 0 Å². The predicted octanol–water partition coefficient (Wildman–Crippen LogP) is 8.05. The average Bonchev–Trinajstić information content (AvgIpc) is 2.92. The standard InChI is InChI=1S/C33H32Cl2N2O/c1-36(2)30-19-9-25(10-20-30)32(24-7-15-28(34)16-8-24)6-5-23-33(38,26-11-17-29(35)18-12-26)27-13-21-31(22-14-27)37(3)4/h5-23,38H,1-4H3. The smallest absolute Gasteiger partial charge is 0.133 e. The highest BCUT2D eigenvalue weighted by Crippen LogP contribution is 2.34. The second kappa shape index (κ2) is 11.9. The zero-order valence-corrected chi connectivity index (χ0v) is 23.6. The number of rotatable bonds is 8. The fourth-order valence-corrected chi connectivity index (χ4v) is 4.54. The van der Waals surface area contributed by atoms with Gasteiger partial charge in [-0.25, -0.2) is 0 Å². The van der Waals surface area contributed by atoms with Gasteiger partial charge in [0.1, 0.15) is 5.60 Å². The van der Waals surface area contributed by atoms with Crippen LogP contribution in [0.3, 0.4) is 0 Å². The predicted molar refractivity (Wildman–Crippen MR) is 164 cm³/mol. The second-order valence-corrected chi connectivity index (χ2v) is 10.5. The summed E-state index contributed by atoms with van der Waals surface area (Å²) in [5.41, 5.74) is 5.43. The van der Waals surface area contributed by atoms with Crippen molar-refractivity contribution in [2.75, 3.05) is 38.0 Å². The van der Waals surface area contributed by atoms with Crippen LogP contribution in [0.15, 0.2) is 115 Å². The zero-order chi connectivity index (χ0) is 27.3. The van der Waals surface area contributed by atoms with Crippen molar-refractivity contribution < 1.29 is 5.11 Å². The molecule has 0 saturated carbocycles. The Balaban J connectivity index is 1.80. The van der Waals surface area contributed by atoms with Crippen LogP contribution in [0.1, 0.15) is 22.3 Å². The van der Waals surface area contributed by atoms with Crippen molar-refractivity contribution in [2.45, 2.75) is 5.60 Å². The van der Waals surface area contributed by atoms with Crippen molar-refractivity contribution in [2.24, 2.45) is 0 Å². The molecule has 0 aliphatic heterocycles. The van der Waals surface area contributed by atoms with E-state index in [2.05, 4.69) is 29.2 Å². The van der Waals surface area contributed by atoms with Crippen molar-refractivity contribution in [1.82, 2.24) is 0 Å². The molecule has 0 fully saturated rings. The van der Waals surface area contributed by atoms with Crippen molar-refractivity contribution in [1.29, 1.82) is 0 Å². The number of anilines is 2. The molecule has 0 radical (unpaired) electrons. The number of benzene rings is 4. The molecule has 1 N–H and O–H groups in total. The Hall–Kier alpha value is -3.50. The van der Waals surface area contributed by atoms with E-state index in [-0.39, 0.29) is 0 Å². The summed E-state index contributed by atoms with van der Waals surface area (Å²) in [7, 11) is 8.04. The van der Waals surface area contributed by atoms with Crippen molar-refractivity contribution in [3.05, 3.63) is 148 Å². The zero-order valence-electron chi connectivity index (χ0n) is 22.1. The molecule has 194 valence electrons. The fraction of sp³-hybridized carbons (Fsp3) is 0.152. The van der Waals surface area contributed by atoms with E-state index >= 15 is 0 Å². The minimum atomic E-state index is -1.36. The molecular weight excluding hydrogens is 511 g/mol. The van der Waals surface area contributed by atoms with Crippen LogP contribution in [0, 0.1) is 0 Å². The maximum atomic E-state index is 12.1. The first kappa shape index (κ1) is 27.5. The lowest BCUT2D eigenvalue weighted by molar-refractivity contribution is 0.134. The molecular formula is C33H32Cl2N2O. The molecule has 1 atom stereocenters. The summed E-state index contributed by atoms with van der Waals surface area (Å²) < 4.78 is 0. The Morgan fingerprint density at radius 1 is 0.605 bits per heavy atom. The number of halogens is 2. The van der Waals surface area contributed by atoms with Crippen LogP contribution >= 0.6 is 23.2 Å². The highest BCUT2D eigenvalue weighted by Gasteiger charge is 2.28. The summed E-state index contributed by atoms with van der Waals surface area (Å²) in [6, 6.07) is 31.4. The van der Waals surface area contributed by atoms with Gasteiger partial charge in [-0.15, -0.1) is 0 Å². The Labute approximate surface area is 235 Å². The molecule has 4 aromatic carbocycles. The monoisotopic (exact) mass is 542 g/mol. The van der Waals surface area contributed by atoms with Gasteiger partial charge in [-0.05, 0) is 82.4 Å². The number of aliphatic hydroxyl groups is 1. The van der Waals surface area contributed by atoms with E-state index in [1.807, 2.05) is 112 Å². The summed E-state index contributed by atoms with van der Waals surface area (Å²) in [6.45, 7) is 0. The molecule has 0 aliphatic rings. The maximum Gasteiger partial charge on any atom is 0.133 e. The second-order valence-electron chi connectivity index (χ2n) is 9.60. The van der Waals surface area contributed by atoms with Crippen LogP contribution in [0.4, 0.5) is 11.4 Å². The summed E-state index contributed by atoms with van der Waals surface area (Å²) in [5, 5.41) is 13.4. The minimum Gasteiger partial charge on any atom is -0.378 e. The molecule has 3 nitrogen and oxygen atoms in total. The van der Waals surface area contributed by atoms with Gasteiger partial charge in [0.25, 0.3) is 0 Å². The summed E-state index contributed by atoms with van der Waals surface area (Å²) in [4.78, 5) is 4.10. The van der Waals surface area contributed by atoms with Crippen LogP contribution < -0.4 is 9.80 Å². The van der Waals surface area contributed by atoms with Gasteiger partial charge in [0.05, 0.1) is 0 Å². The first-order chi connectivity index (χ1) is 18.2. The average molecular weight is 544 g/mol. The van der Waals surface area contributed by atoms with Gasteiger partial charge in [0.2, 0.25) is 0 Å². The molecule has 0 heterocycles. The molecule has 0 saturated heterocycles. The number of hydrogen-bond acceptors (Lipinski definition) is 3. The van der Waals surface area contributed by atoms with Crippen LogP contribution in [0.2, 0.25) is 10.0 Å². The highest BCUT2D eigenvalue weighted by atomic mass is 35.5. The van der Waals surface area contributed by atoms with Gasteiger partial charge in [-0.1, -0.05) is 83.9 Å². The third kappa shape index (κ3) is 6.31. The van der Waals surface area contributed by atoms with E-state index in [0.717, 1.165) is 39.2 Å². The molecule has 5 heteroatoms. The summed E-state index contributed by atoms with van der Waals surface area (Å²) in [5.74, 6) is 0. The maximum absolute atomic E-state index is 12.1. The molecule has 1 unspecified atom stereocenters. The lowest BCUT2D eigenvalue weighted by atomic mass is 9.85. The lowest BCUT2D eigenvalue weighted by Crippen LogP contribution is -2.24. The van der Waals surface area contributed by atoms with E-state index in [4.69, 9.17) is 23.2 Å². The first-order valence-electron chi connectivity index (χ1n) is 12.4. The van der Waals surface area contributed by atoms with E-state index in [0.29, 0.717) is 10.0 Å². The minimum absolute atomic E-state index is 0.620. The summed E-state index contributed by atoms with van der Waals surface area (Å²) in [6.07, 6.45) is 5.77. The van der Waals surface area contributed by atoms with E-state index in [9.17, 15) is 5.11 Å². The number of nitrogens with zero attached hydrogens (tertiary/aromatic N) is 2. The molecule has 0 amide bonds. The first-order valence-corrected chi connectivity index (χ1v) is 13.1. The Kier molecular flexibility index (Phi) is 8.63. The Bertz CT molecular complexity index is 1410. The highest BCUT2D eigenvalue weighted by molar-refractivity contribution is 6.30. The normalized spacial score (nSPS) is 13.4. The van der Waals surface area contributed by atoms with Crippen LogP contribution in [0.5, 0.6) is 0 Å². The summed E-state index contributed by atoms with van der Waals surface area (Å²) >= 11 is 12.3. The molecule has 38 heavy (non-hydrogen) atoms. The molecule has 0 aromatic heterocycles.